The Morgan fingerprint density at radius 1 is 1.18 bits per heavy atom. The molecule has 1 amide bonds. The van der Waals surface area contributed by atoms with Gasteiger partial charge in [0.1, 0.15) is 12.4 Å². The van der Waals surface area contributed by atoms with Gasteiger partial charge in [0.05, 0.1) is 6.61 Å². The number of amides is 1. The van der Waals surface area contributed by atoms with Crippen LogP contribution in [0.3, 0.4) is 0 Å². The third-order valence-electron chi connectivity index (χ3n) is 5.43. The van der Waals surface area contributed by atoms with E-state index < -0.39 is 5.54 Å². The number of nitrogens with one attached hydrogen (secondary N) is 1. The summed E-state index contributed by atoms with van der Waals surface area (Å²) in [5.41, 5.74) is 0.931. The van der Waals surface area contributed by atoms with E-state index in [2.05, 4.69) is 42.0 Å². The van der Waals surface area contributed by atoms with E-state index in [9.17, 15) is 4.79 Å². The van der Waals surface area contributed by atoms with Gasteiger partial charge in [0.2, 0.25) is 5.90 Å². The van der Waals surface area contributed by atoms with Crippen molar-refractivity contribution >= 4 is 27.7 Å². The Morgan fingerprint density at radius 2 is 1.88 bits per heavy atom. The van der Waals surface area contributed by atoms with Gasteiger partial charge in [-0.25, -0.2) is 4.99 Å². The molecule has 6 nitrogen and oxygen atoms in total. The van der Waals surface area contributed by atoms with Gasteiger partial charge < -0.3 is 19.9 Å². The highest BCUT2D eigenvalue weighted by molar-refractivity contribution is 9.10. The number of hydrogen-bond acceptors (Lipinski definition) is 5. The Labute approximate surface area is 204 Å². The van der Waals surface area contributed by atoms with Crippen LogP contribution in [0.15, 0.2) is 58.0 Å². The molecule has 1 aliphatic rings. The summed E-state index contributed by atoms with van der Waals surface area (Å²) in [6.45, 7) is 7.80. The SMILES string of the molecule is CC(C)(C)CCNC(=O)[C@@]1(Cc2ccc(Br)cc2)COC(c2ccc(OCCCO)cc2)=N1. The average molecular weight is 517 g/mol. The van der Waals surface area contributed by atoms with Crippen molar-refractivity contribution in [1.29, 1.82) is 0 Å². The second-order valence-corrected chi connectivity index (χ2v) is 10.5. The second-order valence-electron chi connectivity index (χ2n) is 9.56. The van der Waals surface area contributed by atoms with Gasteiger partial charge in [-0.05, 0) is 53.8 Å². The normalized spacial score (nSPS) is 17.9. The molecule has 0 aliphatic carbocycles. The third-order valence-corrected chi connectivity index (χ3v) is 5.96. The number of carbonyl (C=O) groups excluding carboxylic acids is 1. The summed E-state index contributed by atoms with van der Waals surface area (Å²) in [5.74, 6) is 1.06. The number of aliphatic hydroxyl groups is 1. The van der Waals surface area contributed by atoms with E-state index in [0.717, 1.165) is 22.0 Å². The summed E-state index contributed by atoms with van der Waals surface area (Å²) in [6, 6.07) is 15.4. The molecule has 7 heteroatoms. The molecule has 2 N–H and O–H groups in total. The molecule has 0 saturated carbocycles. The Kier molecular flexibility index (Phi) is 8.54. The van der Waals surface area contributed by atoms with Crippen molar-refractivity contribution in [2.75, 3.05) is 26.4 Å². The molecule has 2 aromatic rings. The minimum atomic E-state index is -1.02. The number of nitrogens with zero attached hydrogens (tertiary/aromatic N) is 1. The molecule has 0 unspecified atom stereocenters. The Hall–Kier alpha value is -2.38. The van der Waals surface area contributed by atoms with E-state index in [0.29, 0.717) is 37.6 Å². The van der Waals surface area contributed by atoms with Crippen LogP contribution in [-0.2, 0) is 16.0 Å². The molecule has 0 radical (unpaired) electrons. The van der Waals surface area contributed by atoms with Crippen molar-refractivity contribution < 1.29 is 19.4 Å². The van der Waals surface area contributed by atoms with Gasteiger partial charge in [-0.15, -0.1) is 0 Å². The zero-order valence-corrected chi connectivity index (χ0v) is 21.2. The minimum absolute atomic E-state index is 0.0982. The molecule has 178 valence electrons. The zero-order valence-electron chi connectivity index (χ0n) is 19.6. The van der Waals surface area contributed by atoms with Gasteiger partial charge in [-0.3, -0.25) is 4.79 Å². The smallest absolute Gasteiger partial charge is 0.251 e. The van der Waals surface area contributed by atoms with Gasteiger partial charge in [-0.2, -0.15) is 0 Å². The molecule has 33 heavy (non-hydrogen) atoms. The van der Waals surface area contributed by atoms with Crippen molar-refractivity contribution in [1.82, 2.24) is 5.32 Å². The first-order chi connectivity index (χ1) is 15.7. The van der Waals surface area contributed by atoms with Gasteiger partial charge in [-0.1, -0.05) is 48.8 Å². The van der Waals surface area contributed by atoms with Crippen LogP contribution >= 0.6 is 15.9 Å². The predicted molar refractivity (Wildman–Crippen MR) is 134 cm³/mol. The van der Waals surface area contributed by atoms with Gasteiger partial charge in [0.25, 0.3) is 5.91 Å². The molecule has 0 bridgehead atoms. The van der Waals surface area contributed by atoms with Crippen molar-refractivity contribution in [3.05, 3.63) is 64.1 Å². The fourth-order valence-corrected chi connectivity index (χ4v) is 3.75. The van der Waals surface area contributed by atoms with E-state index in [1.165, 1.54) is 0 Å². The van der Waals surface area contributed by atoms with E-state index >= 15 is 0 Å². The van der Waals surface area contributed by atoms with E-state index in [1.807, 2.05) is 48.5 Å². The molecule has 1 aliphatic heterocycles. The van der Waals surface area contributed by atoms with Crippen LogP contribution in [0.4, 0.5) is 0 Å². The number of aliphatic hydroxyl groups excluding tert-OH is 1. The number of benzene rings is 2. The third kappa shape index (κ3) is 7.30. The summed E-state index contributed by atoms with van der Waals surface area (Å²) >= 11 is 3.46. The molecule has 3 rings (SSSR count). The minimum Gasteiger partial charge on any atom is -0.494 e. The van der Waals surface area contributed by atoms with E-state index in [4.69, 9.17) is 19.6 Å². The Bertz CT molecular complexity index is 952. The van der Waals surface area contributed by atoms with Crippen molar-refractivity contribution in [3.63, 3.8) is 0 Å². The molecule has 1 heterocycles. The fraction of sp³-hybridized carbons (Fsp3) is 0.462. The largest absolute Gasteiger partial charge is 0.494 e. The molecule has 1 atom stereocenters. The first kappa shape index (κ1) is 25.2. The van der Waals surface area contributed by atoms with Crippen LogP contribution in [0.5, 0.6) is 5.75 Å². The maximum atomic E-state index is 13.4. The Balaban J connectivity index is 1.80. The number of carbonyl (C=O) groups is 1. The lowest BCUT2D eigenvalue weighted by Crippen LogP contribution is -2.49. The van der Waals surface area contributed by atoms with Crippen molar-refractivity contribution in [2.45, 2.75) is 45.6 Å². The maximum Gasteiger partial charge on any atom is 0.251 e. The van der Waals surface area contributed by atoms with Crippen LogP contribution in [0.25, 0.3) is 0 Å². The van der Waals surface area contributed by atoms with Crippen LogP contribution in [0, 0.1) is 5.41 Å². The molecular formula is C26H33BrN2O4. The van der Waals surface area contributed by atoms with Crippen LogP contribution in [0.1, 0.15) is 44.7 Å². The fourth-order valence-electron chi connectivity index (χ4n) is 3.49. The monoisotopic (exact) mass is 516 g/mol. The highest BCUT2D eigenvalue weighted by atomic mass is 79.9. The number of hydrogen-bond donors (Lipinski definition) is 2. The van der Waals surface area contributed by atoms with Crippen molar-refractivity contribution in [3.8, 4) is 5.75 Å². The summed E-state index contributed by atoms with van der Waals surface area (Å²) in [6.07, 6.45) is 1.91. The van der Waals surface area contributed by atoms with E-state index in [-0.39, 0.29) is 24.5 Å². The summed E-state index contributed by atoms with van der Waals surface area (Å²) in [7, 11) is 0. The lowest BCUT2D eigenvalue weighted by atomic mass is 9.90. The first-order valence-electron chi connectivity index (χ1n) is 11.3. The maximum absolute atomic E-state index is 13.4. The predicted octanol–water partition coefficient (Wildman–Crippen LogP) is 4.52. The molecule has 0 fully saturated rings. The zero-order chi connectivity index (χ0) is 23.9. The van der Waals surface area contributed by atoms with Gasteiger partial charge >= 0.3 is 0 Å². The second kappa shape index (κ2) is 11.2. The molecular weight excluding hydrogens is 484 g/mol. The number of rotatable bonds is 10. The topological polar surface area (TPSA) is 80.2 Å². The Morgan fingerprint density at radius 3 is 2.52 bits per heavy atom. The first-order valence-corrected chi connectivity index (χ1v) is 12.1. The van der Waals surface area contributed by atoms with Gasteiger partial charge in [0.15, 0.2) is 5.54 Å². The standard InChI is InChI=1S/C26H33BrN2O4/c1-25(2,3)13-14-28-24(31)26(17-19-5-9-21(27)10-6-19)18-33-23(29-26)20-7-11-22(12-8-20)32-16-4-15-30/h5-12,30H,4,13-18H2,1-3H3,(H,28,31)/t26-/m1/s1. The number of aliphatic imine (C=N–C) groups is 1. The molecule has 0 spiro atoms. The van der Waals surface area contributed by atoms with Gasteiger partial charge in [0, 0.05) is 36.0 Å². The van der Waals surface area contributed by atoms with Crippen LogP contribution < -0.4 is 10.1 Å². The van der Waals surface area contributed by atoms with E-state index in [1.54, 1.807) is 0 Å². The number of ether oxygens (including phenoxy) is 2. The highest BCUT2D eigenvalue weighted by Crippen LogP contribution is 2.28. The molecule has 2 aromatic carbocycles. The lowest BCUT2D eigenvalue weighted by molar-refractivity contribution is -0.126. The molecule has 0 saturated heterocycles. The average Bonchev–Trinajstić information content (AvgIpc) is 3.20. The highest BCUT2D eigenvalue weighted by Gasteiger charge is 2.44. The summed E-state index contributed by atoms with van der Waals surface area (Å²) in [4.78, 5) is 18.2. The number of halogens is 1. The quantitative estimate of drug-likeness (QED) is 0.455. The summed E-state index contributed by atoms with van der Waals surface area (Å²) < 4.78 is 12.5. The lowest BCUT2D eigenvalue weighted by Gasteiger charge is -2.25. The van der Waals surface area contributed by atoms with Crippen LogP contribution in [0.2, 0.25) is 0 Å². The molecule has 0 aromatic heterocycles. The summed E-state index contributed by atoms with van der Waals surface area (Å²) in [5, 5.41) is 12.0. The van der Waals surface area contributed by atoms with Crippen LogP contribution in [-0.4, -0.2) is 48.8 Å². The van der Waals surface area contributed by atoms with Crippen molar-refractivity contribution in [2.24, 2.45) is 10.4 Å².